The maximum Gasteiger partial charge on any atom is 0 e. The first kappa shape index (κ1) is 85.4. The Kier molecular flexibility index (Phi) is 1400. The summed E-state index contributed by atoms with van der Waals surface area (Å²) in [6.07, 6.45) is 0. The van der Waals surface area contributed by atoms with E-state index in [4.69, 9.17) is 0 Å². The van der Waals surface area contributed by atoms with Gasteiger partial charge in [-0.25, -0.2) is 0 Å². The van der Waals surface area contributed by atoms with Gasteiger partial charge in [0.1, 0.15) is 0 Å². The summed E-state index contributed by atoms with van der Waals surface area (Å²) in [4.78, 5) is 0. The topological polar surface area (TPSA) is 0 Å². The van der Waals surface area contributed by atoms with Crippen molar-refractivity contribution in [2.45, 2.75) is 29.7 Å². The first-order valence-corrected chi connectivity index (χ1v) is 6.43. The minimum atomic E-state index is 0. The van der Waals surface area contributed by atoms with Crippen LogP contribution in [0.15, 0.2) is 0 Å². The van der Waals surface area contributed by atoms with Crippen LogP contribution in [-0.2, 0) is 0 Å². The van der Waals surface area contributed by atoms with Gasteiger partial charge in [-0.2, -0.15) is 27.0 Å². The van der Waals surface area contributed by atoms with E-state index < -0.39 is 0 Å². The van der Waals surface area contributed by atoms with E-state index >= 15 is 0 Å². The largest absolute Gasteiger partial charge is 0.197 e. The molecule has 0 radical (unpaired) electrons. The van der Waals surface area contributed by atoms with Crippen LogP contribution in [-0.4, -0.2) is 0 Å². The van der Waals surface area contributed by atoms with Crippen LogP contribution in [0.2, 0.25) is 0 Å². The second-order valence-electron chi connectivity index (χ2n) is 0. The smallest absolute Gasteiger partial charge is 0 e. The second-order valence-corrected chi connectivity index (χ2v) is 0. The molecule has 0 bridgehead atoms. The predicted octanol–water partition coefficient (Wildman–Crippen LogP) is 4.54. The van der Waals surface area contributed by atoms with Gasteiger partial charge in [0.2, 0.25) is 0 Å². The summed E-state index contributed by atoms with van der Waals surface area (Å²) in [6.45, 7) is 0. The number of hydrogen-bond acceptors (Lipinski definition) is 0. The molecule has 0 saturated carbocycles. The van der Waals surface area contributed by atoms with Gasteiger partial charge in [-0.15, -0.1) is 0 Å². The number of hydrogen-bond donors (Lipinski definition) is 0. The highest BCUT2D eigenvalue weighted by atomic mass is 128. The summed E-state index contributed by atoms with van der Waals surface area (Å²) >= 11 is 4.24. The van der Waals surface area contributed by atoms with Crippen molar-refractivity contribution >= 4 is 64.2 Å². The molecule has 0 fully saturated rings. The van der Waals surface area contributed by atoms with Crippen LogP contribution in [0.3, 0.4) is 0 Å². The monoisotopic (exact) mass is 386 g/mol. The van der Waals surface area contributed by atoms with E-state index in [9.17, 15) is 0 Å². The normalized spacial score (nSPS) is 0.750. The second kappa shape index (κ2) is 131. The first-order valence-electron chi connectivity index (χ1n) is 0.143. The Morgan fingerprint density at radius 1 is 0.500 bits per heavy atom. The minimum Gasteiger partial charge on any atom is -0.197 e. The molecule has 0 aromatic carbocycles. The quantitative estimate of drug-likeness (QED) is 0.537. The Bertz CT molecular complexity index is 12.0. The SMILES string of the molecule is C.C.C.C.II.S.S. The highest BCUT2D eigenvalue weighted by Gasteiger charge is 1.00. The van der Waals surface area contributed by atoms with E-state index in [1.807, 2.05) is 0 Å². The third-order valence-electron chi connectivity index (χ3n) is 0. The van der Waals surface area contributed by atoms with Crippen LogP contribution in [0.5, 0.6) is 0 Å². The van der Waals surface area contributed by atoms with E-state index in [2.05, 4.69) is 37.2 Å². The molecular weight excluding hydrogens is 366 g/mol. The average molecular weight is 386 g/mol. The Balaban J connectivity index is -0.000000000333. The zero-order valence-corrected chi connectivity index (χ0v) is 8.07. The first-order chi connectivity index (χ1) is 1.00. The van der Waals surface area contributed by atoms with E-state index in [0.717, 1.165) is 0 Å². The lowest BCUT2D eigenvalue weighted by Gasteiger charge is -1.00. The fourth-order valence-electron chi connectivity index (χ4n) is 0. The summed E-state index contributed by atoms with van der Waals surface area (Å²) in [5.74, 6) is 0. The predicted molar refractivity (Wildman–Crippen MR) is 75.7 cm³/mol. The van der Waals surface area contributed by atoms with Crippen molar-refractivity contribution in [1.82, 2.24) is 0 Å². The van der Waals surface area contributed by atoms with Crippen molar-refractivity contribution in [3.8, 4) is 0 Å². The molecule has 0 aliphatic heterocycles. The van der Waals surface area contributed by atoms with Crippen LogP contribution in [0.4, 0.5) is 0 Å². The fraction of sp³-hybridized carbons (Fsp3) is 1.00. The zero-order valence-electron chi connectivity index (χ0n) is 1.76. The van der Waals surface area contributed by atoms with Crippen LogP contribution in [0, 0.1) is 0 Å². The van der Waals surface area contributed by atoms with Crippen LogP contribution < -0.4 is 0 Å². The summed E-state index contributed by atoms with van der Waals surface area (Å²) < 4.78 is 0. The third kappa shape index (κ3) is 89.7. The molecule has 4 heteroatoms. The summed E-state index contributed by atoms with van der Waals surface area (Å²) in [7, 11) is 0. The Morgan fingerprint density at radius 3 is 0.500 bits per heavy atom. The molecule has 0 aromatic heterocycles. The van der Waals surface area contributed by atoms with Crippen molar-refractivity contribution in [3.05, 3.63) is 0 Å². The molecule has 62 valence electrons. The Morgan fingerprint density at radius 2 is 0.500 bits per heavy atom. The molecule has 0 aliphatic carbocycles. The van der Waals surface area contributed by atoms with Crippen molar-refractivity contribution < 1.29 is 0 Å². The van der Waals surface area contributed by atoms with Crippen LogP contribution in [0.25, 0.3) is 0 Å². The molecule has 0 nitrogen and oxygen atoms in total. The van der Waals surface area contributed by atoms with Gasteiger partial charge in [-0.3, -0.25) is 0 Å². The number of rotatable bonds is 0. The maximum atomic E-state index is 2.12. The lowest BCUT2D eigenvalue weighted by Crippen LogP contribution is -0.114. The van der Waals surface area contributed by atoms with Gasteiger partial charge in [0, 0.05) is 37.2 Å². The maximum absolute atomic E-state index is 2.12. The molecule has 0 spiro atoms. The average Bonchev–Trinajstić information content (AvgIpc) is 1.00. The lowest BCUT2D eigenvalue weighted by atomic mass is 12.0. The van der Waals surface area contributed by atoms with Crippen molar-refractivity contribution in [2.24, 2.45) is 0 Å². The van der Waals surface area contributed by atoms with Gasteiger partial charge >= 0.3 is 0 Å². The van der Waals surface area contributed by atoms with Gasteiger partial charge in [0.15, 0.2) is 0 Å². The summed E-state index contributed by atoms with van der Waals surface area (Å²) in [5, 5.41) is 0. The zero-order chi connectivity index (χ0) is 2.00. The summed E-state index contributed by atoms with van der Waals surface area (Å²) in [5.41, 5.74) is 0. The fourth-order valence-corrected chi connectivity index (χ4v) is 0. The molecule has 0 rings (SSSR count). The van der Waals surface area contributed by atoms with E-state index in [1.54, 1.807) is 0 Å². The van der Waals surface area contributed by atoms with Gasteiger partial charge in [-0.05, 0) is 0 Å². The molecule has 0 amide bonds. The molecule has 8 heavy (non-hydrogen) atoms. The van der Waals surface area contributed by atoms with Crippen molar-refractivity contribution in [1.29, 1.82) is 0 Å². The van der Waals surface area contributed by atoms with Crippen LogP contribution in [0.1, 0.15) is 29.7 Å². The van der Waals surface area contributed by atoms with E-state index in [0.29, 0.717) is 0 Å². The third-order valence-corrected chi connectivity index (χ3v) is 0. The highest BCUT2D eigenvalue weighted by molar-refractivity contribution is 15.0. The molecular formula is C4H20I2S2. The standard InChI is InChI=1S/4CH4.I2.2H2S/c;;;;1-2;;/h4*1H4;;2*1H2. The Hall–Kier alpha value is 2.16. The lowest BCUT2D eigenvalue weighted by molar-refractivity contribution is 2.50. The molecule has 0 saturated heterocycles. The van der Waals surface area contributed by atoms with Crippen molar-refractivity contribution in [2.75, 3.05) is 0 Å². The van der Waals surface area contributed by atoms with E-state index in [1.165, 1.54) is 0 Å². The molecule has 0 heterocycles. The highest BCUT2D eigenvalue weighted by Crippen LogP contribution is 1.89. The molecule has 0 aliphatic rings. The summed E-state index contributed by atoms with van der Waals surface area (Å²) in [6, 6.07) is 0. The number of halogens is 2. The molecule has 0 N–H and O–H groups in total. The van der Waals surface area contributed by atoms with Crippen LogP contribution >= 0.6 is 64.2 Å². The van der Waals surface area contributed by atoms with E-state index in [-0.39, 0.29) is 56.7 Å². The van der Waals surface area contributed by atoms with Gasteiger partial charge < -0.3 is 0 Å². The van der Waals surface area contributed by atoms with Crippen molar-refractivity contribution in [3.63, 3.8) is 0 Å². The molecule has 0 unspecified atom stereocenters. The Labute approximate surface area is 92.8 Å². The minimum absolute atomic E-state index is 0. The molecule has 0 aromatic rings. The molecule has 0 atom stereocenters. The van der Waals surface area contributed by atoms with Gasteiger partial charge in [0.05, 0.1) is 0 Å². The van der Waals surface area contributed by atoms with Gasteiger partial charge in [-0.1, -0.05) is 29.7 Å². The van der Waals surface area contributed by atoms with Gasteiger partial charge in [0.25, 0.3) is 0 Å².